The number of aromatic nitrogens is 4. The second-order valence-electron chi connectivity index (χ2n) is 18.4. The van der Waals surface area contributed by atoms with E-state index in [1.54, 1.807) is 72.8 Å². The Kier molecular flexibility index (Phi) is 17.5. The van der Waals surface area contributed by atoms with Crippen LogP contribution in [0.1, 0.15) is 67.6 Å². The van der Waals surface area contributed by atoms with Crippen LogP contribution in [-0.2, 0) is 0 Å². The van der Waals surface area contributed by atoms with Crippen LogP contribution < -0.4 is 43.5 Å². The predicted octanol–water partition coefficient (Wildman–Crippen LogP) is 2.83. The molecule has 4 aromatic heterocycles. The van der Waals surface area contributed by atoms with Crippen LogP contribution >= 0.6 is 0 Å². The van der Waals surface area contributed by atoms with E-state index < -0.39 is 45.9 Å². The van der Waals surface area contributed by atoms with Gasteiger partial charge in [0, 0.05) is 64.4 Å². The molecule has 8 N–H and O–H groups in total. The molecular weight excluding hydrogens is 1130 g/mol. The molecule has 77 heavy (non-hydrogen) atoms. The van der Waals surface area contributed by atoms with Crippen molar-refractivity contribution in [1.82, 2.24) is 50.0 Å². The fraction of sp³-hybridized carbons (Fsp3) is 0.259. The molecule has 0 bridgehead atoms. The second kappa shape index (κ2) is 24.4. The Bertz CT molecular complexity index is 3340. The number of nitrogens with zero attached hydrogens (tertiary/aromatic N) is 6. The van der Waals surface area contributed by atoms with Gasteiger partial charge < -0.3 is 42.1 Å². The smallest absolute Gasteiger partial charge is 0.425 e. The number of rotatable bonds is 18. The van der Waals surface area contributed by atoms with Crippen LogP contribution in [0.3, 0.4) is 0 Å². The third kappa shape index (κ3) is 11.7. The molecule has 2 atom stereocenters. The van der Waals surface area contributed by atoms with Gasteiger partial charge in [0.2, 0.25) is 0 Å². The van der Waals surface area contributed by atoms with Crippen LogP contribution in [0.5, 0.6) is 0 Å². The van der Waals surface area contributed by atoms with Gasteiger partial charge in [0.15, 0.2) is 0 Å². The first-order valence-electron chi connectivity index (χ1n) is 24.7. The van der Waals surface area contributed by atoms with E-state index >= 15 is 0 Å². The van der Waals surface area contributed by atoms with Gasteiger partial charge in [-0.2, -0.15) is 0 Å². The monoisotopic (exact) mass is 1190 g/mol. The number of hydrogen-bond acceptors (Lipinski definition) is 14. The largest absolute Gasteiger partial charge is 3.00 e. The molecule has 4 aromatic carbocycles. The zero-order valence-electron chi connectivity index (χ0n) is 41.3. The van der Waals surface area contributed by atoms with Crippen molar-refractivity contribution in [1.29, 1.82) is 0 Å². The van der Waals surface area contributed by atoms with Crippen LogP contribution in [0.25, 0.3) is 43.1 Å². The second-order valence-corrected chi connectivity index (χ2v) is 18.4. The Morgan fingerprint density at radius 3 is 0.857 bits per heavy atom. The van der Waals surface area contributed by atoms with Gasteiger partial charge in [-0.3, -0.25) is 48.2 Å². The quantitative estimate of drug-likeness (QED) is 0.0574. The maximum absolute atomic E-state index is 13.7. The maximum Gasteiger partial charge on any atom is 3.00 e. The summed E-state index contributed by atoms with van der Waals surface area (Å²) in [6, 6.07) is 31.0. The van der Waals surface area contributed by atoms with Gasteiger partial charge >= 0.3 is 40.4 Å². The molecule has 4 amide bonds. The van der Waals surface area contributed by atoms with Crippen LogP contribution in [0, 0.1) is 40.4 Å². The van der Waals surface area contributed by atoms with Gasteiger partial charge in [-0.1, -0.05) is 85.6 Å². The van der Waals surface area contributed by atoms with Gasteiger partial charge in [0.05, 0.1) is 21.5 Å². The zero-order valence-corrected chi connectivity index (χ0v) is 44.0. The van der Waals surface area contributed by atoms with Crippen LogP contribution in [0.2, 0.25) is 0 Å². The first kappa shape index (κ1) is 55.3. The number of benzene rings is 4. The fourth-order valence-corrected chi connectivity index (χ4v) is 10.1. The number of nitrogens with one attached hydrogen (secondary N) is 4. The molecule has 395 valence electrons. The molecule has 9 rings (SSSR count). The summed E-state index contributed by atoms with van der Waals surface area (Å²) in [6.07, 6.45) is 2.74. The number of fused-ring (bicyclic) bond motifs is 4. The molecule has 1 saturated carbocycles. The Morgan fingerprint density at radius 1 is 0.403 bits per heavy atom. The number of amides is 4. The summed E-state index contributed by atoms with van der Waals surface area (Å²) < 4.78 is 1.18. The minimum absolute atomic E-state index is 0. The van der Waals surface area contributed by atoms with E-state index in [9.17, 15) is 59.2 Å². The normalized spacial score (nSPS) is 14.4. The molecule has 0 spiro atoms. The van der Waals surface area contributed by atoms with Crippen molar-refractivity contribution < 1.29 is 80.4 Å². The summed E-state index contributed by atoms with van der Waals surface area (Å²) in [6.45, 7) is 0.640. The Labute approximate surface area is 469 Å². The SMILES string of the molecule is O=C(NCCN(CCNC(=O)c1cc2ccccc2c(=O)n1O)C1CCCCC1N(CCNC(=O)c1cc2ccccc2c(=O)n1O)CCNC(=O)c1cc2ccccc2c(=O)n1O)c1cc2ccccc2c(=O)n1O.[Sm+3]. The Balaban J connectivity index is 0.00000784. The summed E-state index contributed by atoms with van der Waals surface area (Å²) >= 11 is 0. The summed E-state index contributed by atoms with van der Waals surface area (Å²) in [4.78, 5) is 111. The topological polar surface area (TPSA) is 292 Å². The van der Waals surface area contributed by atoms with E-state index in [0.717, 1.165) is 12.8 Å². The number of hydrogen-bond donors (Lipinski definition) is 8. The molecule has 1 aliphatic carbocycles. The van der Waals surface area contributed by atoms with E-state index in [1.807, 2.05) is 9.80 Å². The molecule has 1 radical (unpaired) electrons. The van der Waals surface area contributed by atoms with Gasteiger partial charge in [-0.05, 0) is 82.9 Å². The summed E-state index contributed by atoms with van der Waals surface area (Å²) in [5.74, 6) is -2.93. The fourth-order valence-electron chi connectivity index (χ4n) is 10.1. The molecular formula is C54H54N10O12Sm+3. The molecule has 4 heterocycles. The molecule has 1 fully saturated rings. The van der Waals surface area contributed by atoms with Gasteiger partial charge in [0.1, 0.15) is 22.8 Å². The van der Waals surface area contributed by atoms with Crippen molar-refractivity contribution >= 4 is 66.7 Å². The Morgan fingerprint density at radius 2 is 0.623 bits per heavy atom. The van der Waals surface area contributed by atoms with Crippen LogP contribution in [-0.4, -0.2) is 138 Å². The van der Waals surface area contributed by atoms with Crippen molar-refractivity contribution in [2.75, 3.05) is 52.4 Å². The first-order valence-corrected chi connectivity index (χ1v) is 24.7. The average molecular weight is 1190 g/mol. The molecule has 2 unspecified atom stereocenters. The molecule has 0 aliphatic heterocycles. The van der Waals surface area contributed by atoms with Crippen molar-refractivity contribution in [3.05, 3.63) is 186 Å². The van der Waals surface area contributed by atoms with E-state index in [0.29, 0.717) is 53.3 Å². The summed E-state index contributed by atoms with van der Waals surface area (Å²) in [5, 5.41) is 56.9. The number of carbonyl (C=O) groups excluding carboxylic acids is 4. The van der Waals surface area contributed by atoms with Gasteiger partial charge in [-0.25, -0.2) is 0 Å². The Hall–Kier alpha value is -7.94. The first-order chi connectivity index (χ1) is 36.7. The number of carbonyl (C=O) groups is 4. The van der Waals surface area contributed by atoms with Crippen molar-refractivity contribution in [3.8, 4) is 0 Å². The summed E-state index contributed by atoms with van der Waals surface area (Å²) in [7, 11) is 0. The molecule has 22 nitrogen and oxygen atoms in total. The van der Waals surface area contributed by atoms with Gasteiger partial charge in [0.25, 0.3) is 45.9 Å². The molecule has 0 saturated heterocycles. The third-order valence-electron chi connectivity index (χ3n) is 13.9. The number of pyridine rings is 4. The van der Waals surface area contributed by atoms with Gasteiger partial charge in [-0.15, -0.1) is 18.9 Å². The van der Waals surface area contributed by atoms with E-state index in [-0.39, 0.29) is 149 Å². The minimum atomic E-state index is -0.774. The van der Waals surface area contributed by atoms with E-state index in [2.05, 4.69) is 21.3 Å². The van der Waals surface area contributed by atoms with Crippen molar-refractivity contribution in [3.63, 3.8) is 0 Å². The van der Waals surface area contributed by atoms with Crippen LogP contribution in [0.15, 0.2) is 141 Å². The van der Waals surface area contributed by atoms with Crippen molar-refractivity contribution in [2.45, 2.75) is 37.8 Å². The predicted molar refractivity (Wildman–Crippen MR) is 280 cm³/mol. The summed E-state index contributed by atoms with van der Waals surface area (Å²) in [5.41, 5.74) is -4.25. The third-order valence-corrected chi connectivity index (χ3v) is 13.9. The maximum atomic E-state index is 13.7. The van der Waals surface area contributed by atoms with E-state index in [4.69, 9.17) is 0 Å². The molecule has 8 aromatic rings. The van der Waals surface area contributed by atoms with Crippen LogP contribution in [0.4, 0.5) is 0 Å². The molecule has 1 aliphatic rings. The zero-order chi connectivity index (χ0) is 53.6. The van der Waals surface area contributed by atoms with E-state index in [1.165, 1.54) is 48.5 Å². The standard InChI is InChI=1S/C54H54N10O12.Sm/c65-47(43-29-33-11-1-5-15-37(33)51(69)61(43)73)55-21-25-59(26-22-56-48(66)44-30-34-12-2-6-16-38(34)52(70)62(44)74)41-19-9-10-20-42(41)60(27-23-57-49(67)45-31-35-13-3-7-17-39(35)53(71)63(45)75)28-24-58-50(68)46-32-36-14-4-8-18-40(36)54(72)64(46)76;/h1-8,11-18,29-32,41-42,73-76H,9-10,19-28H2,(H,55,65)(H,56,66)(H,57,67)(H,58,68);/q;+3. The average Bonchev–Trinajstić information content (AvgIpc) is 3.46. The van der Waals surface area contributed by atoms with Crippen molar-refractivity contribution in [2.24, 2.45) is 0 Å². The molecule has 23 heteroatoms. The minimum Gasteiger partial charge on any atom is -0.425 e.